The van der Waals surface area contributed by atoms with Crippen molar-refractivity contribution in [3.05, 3.63) is 27.7 Å². The highest BCUT2D eigenvalue weighted by Gasteiger charge is 2.31. The second-order valence-corrected chi connectivity index (χ2v) is 6.17. The average Bonchev–Trinajstić information content (AvgIpc) is 2.17. The maximum Gasteiger partial charge on any atom is 0.326 e. The van der Waals surface area contributed by atoms with E-state index in [1.807, 2.05) is 20.8 Å². The molecule has 0 aromatic heterocycles. The van der Waals surface area contributed by atoms with E-state index in [2.05, 4.69) is 21.2 Å². The molecule has 3 nitrogen and oxygen atoms in total. The highest BCUT2D eigenvalue weighted by molar-refractivity contribution is 9.10. The van der Waals surface area contributed by atoms with Crippen LogP contribution in [0.25, 0.3) is 0 Å². The summed E-state index contributed by atoms with van der Waals surface area (Å²) in [6.45, 7) is 5.64. The number of hydrogen-bond donors (Lipinski definition) is 2. The van der Waals surface area contributed by atoms with Gasteiger partial charge in [0, 0.05) is 10.2 Å². The minimum absolute atomic E-state index is 0.377. The zero-order chi connectivity index (χ0) is 13.2. The summed E-state index contributed by atoms with van der Waals surface area (Å²) in [5.74, 6) is -0.872. The number of halogens is 2. The Morgan fingerprint density at radius 3 is 2.47 bits per heavy atom. The first kappa shape index (κ1) is 14.3. The minimum Gasteiger partial charge on any atom is -0.480 e. The van der Waals surface area contributed by atoms with Gasteiger partial charge in [0.2, 0.25) is 0 Å². The van der Waals surface area contributed by atoms with Crippen molar-refractivity contribution in [2.24, 2.45) is 5.41 Å². The Morgan fingerprint density at radius 2 is 2.06 bits per heavy atom. The summed E-state index contributed by atoms with van der Waals surface area (Å²) in [4.78, 5) is 11.2. The summed E-state index contributed by atoms with van der Waals surface area (Å²) < 4.78 is 0.738. The summed E-state index contributed by atoms with van der Waals surface area (Å²) in [5.41, 5.74) is 0.349. The molecule has 0 saturated heterocycles. The molecule has 0 bridgehead atoms. The Balaban J connectivity index is 2.95. The molecule has 1 rings (SSSR count). The van der Waals surface area contributed by atoms with Crippen molar-refractivity contribution in [2.75, 3.05) is 5.32 Å². The third-order valence-electron chi connectivity index (χ3n) is 2.34. The molecule has 2 N–H and O–H groups in total. The lowest BCUT2D eigenvalue weighted by atomic mass is 9.86. The molecule has 0 fully saturated rings. The number of carboxylic acids is 1. The van der Waals surface area contributed by atoms with E-state index in [0.717, 1.165) is 10.2 Å². The number of anilines is 1. The molecule has 1 atom stereocenters. The molecule has 1 unspecified atom stereocenters. The van der Waals surface area contributed by atoms with Crippen molar-refractivity contribution in [3.63, 3.8) is 0 Å². The lowest BCUT2D eigenvalue weighted by Gasteiger charge is -2.28. The third kappa shape index (κ3) is 3.89. The number of carboxylic acid groups (broad SMARTS) is 1. The van der Waals surface area contributed by atoms with E-state index < -0.39 is 12.0 Å². The number of rotatable bonds is 3. The number of benzene rings is 1. The predicted molar refractivity (Wildman–Crippen MR) is 73.7 cm³/mol. The molecule has 0 aliphatic carbocycles. The van der Waals surface area contributed by atoms with Crippen molar-refractivity contribution in [3.8, 4) is 0 Å². The van der Waals surface area contributed by atoms with Gasteiger partial charge in [-0.05, 0) is 39.5 Å². The summed E-state index contributed by atoms with van der Waals surface area (Å²) >= 11 is 9.18. The Morgan fingerprint density at radius 1 is 1.47 bits per heavy atom. The molecule has 1 aromatic rings. The van der Waals surface area contributed by atoms with Crippen LogP contribution in [0.2, 0.25) is 5.02 Å². The molecule has 0 heterocycles. The van der Waals surface area contributed by atoms with E-state index in [4.69, 9.17) is 11.6 Å². The normalized spacial score (nSPS) is 13.2. The fraction of sp³-hybridized carbons (Fsp3) is 0.417. The Hall–Kier alpha value is -0.740. The topological polar surface area (TPSA) is 49.3 Å². The maximum absolute atomic E-state index is 11.2. The van der Waals surface area contributed by atoms with E-state index in [0.29, 0.717) is 5.02 Å². The Bertz CT molecular complexity index is 429. The molecule has 0 amide bonds. The second-order valence-electron chi connectivity index (χ2n) is 4.91. The van der Waals surface area contributed by atoms with Crippen molar-refractivity contribution in [1.29, 1.82) is 0 Å². The lowest BCUT2D eigenvalue weighted by molar-refractivity contribution is -0.140. The van der Waals surface area contributed by atoms with E-state index in [9.17, 15) is 9.90 Å². The van der Waals surface area contributed by atoms with Gasteiger partial charge in [0.1, 0.15) is 6.04 Å². The van der Waals surface area contributed by atoms with E-state index in [-0.39, 0.29) is 5.41 Å². The van der Waals surface area contributed by atoms with E-state index in [1.165, 1.54) is 0 Å². The van der Waals surface area contributed by atoms with Gasteiger partial charge in [0.15, 0.2) is 0 Å². The Labute approximate surface area is 114 Å². The SMILES string of the molecule is CC(C)(C)C(Nc1ccc(Cl)c(Br)c1)C(=O)O. The summed E-state index contributed by atoms with van der Waals surface area (Å²) in [6.07, 6.45) is 0. The minimum atomic E-state index is -0.872. The molecule has 5 heteroatoms. The first-order chi connectivity index (χ1) is 7.71. The fourth-order valence-electron chi connectivity index (χ4n) is 1.40. The average molecular weight is 321 g/mol. The highest BCUT2D eigenvalue weighted by atomic mass is 79.9. The zero-order valence-corrected chi connectivity index (χ0v) is 12.3. The number of hydrogen-bond acceptors (Lipinski definition) is 2. The molecule has 17 heavy (non-hydrogen) atoms. The van der Waals surface area contributed by atoms with Crippen LogP contribution in [0, 0.1) is 5.41 Å². The highest BCUT2D eigenvalue weighted by Crippen LogP contribution is 2.28. The Kier molecular flexibility index (Phi) is 4.44. The number of carbonyl (C=O) groups is 1. The molecule has 0 saturated carbocycles. The largest absolute Gasteiger partial charge is 0.480 e. The summed E-state index contributed by atoms with van der Waals surface area (Å²) in [7, 11) is 0. The van der Waals surface area contributed by atoms with Gasteiger partial charge in [0.25, 0.3) is 0 Å². The van der Waals surface area contributed by atoms with Crippen LogP contribution in [0.5, 0.6) is 0 Å². The van der Waals surface area contributed by atoms with Crippen LogP contribution in [0.1, 0.15) is 20.8 Å². The van der Waals surface area contributed by atoms with Gasteiger partial charge in [-0.25, -0.2) is 4.79 Å². The quantitative estimate of drug-likeness (QED) is 0.884. The first-order valence-corrected chi connectivity index (χ1v) is 6.33. The van der Waals surface area contributed by atoms with Gasteiger partial charge in [-0.2, -0.15) is 0 Å². The lowest BCUT2D eigenvalue weighted by Crippen LogP contribution is -2.41. The van der Waals surface area contributed by atoms with Crippen LogP contribution < -0.4 is 5.32 Å². The molecule has 0 radical (unpaired) electrons. The molecule has 0 aliphatic rings. The molecule has 0 spiro atoms. The van der Waals surface area contributed by atoms with Crippen LogP contribution in [-0.4, -0.2) is 17.1 Å². The van der Waals surface area contributed by atoms with Crippen LogP contribution in [-0.2, 0) is 4.79 Å². The molecule has 0 aliphatic heterocycles. The van der Waals surface area contributed by atoms with Crippen LogP contribution in [0.3, 0.4) is 0 Å². The van der Waals surface area contributed by atoms with Gasteiger partial charge in [-0.1, -0.05) is 32.4 Å². The number of nitrogens with one attached hydrogen (secondary N) is 1. The van der Waals surface area contributed by atoms with Crippen molar-refractivity contribution in [1.82, 2.24) is 0 Å². The molecule has 94 valence electrons. The van der Waals surface area contributed by atoms with E-state index in [1.54, 1.807) is 18.2 Å². The smallest absolute Gasteiger partial charge is 0.326 e. The van der Waals surface area contributed by atoms with Gasteiger partial charge in [-0.15, -0.1) is 0 Å². The van der Waals surface area contributed by atoms with E-state index >= 15 is 0 Å². The summed E-state index contributed by atoms with van der Waals surface area (Å²) in [6, 6.07) is 4.59. The van der Waals surface area contributed by atoms with Crippen molar-refractivity contribution < 1.29 is 9.90 Å². The van der Waals surface area contributed by atoms with Crippen LogP contribution in [0.15, 0.2) is 22.7 Å². The monoisotopic (exact) mass is 319 g/mol. The fourth-order valence-corrected chi connectivity index (χ4v) is 1.90. The van der Waals surface area contributed by atoms with Gasteiger partial charge in [-0.3, -0.25) is 0 Å². The number of aliphatic carboxylic acids is 1. The molecular formula is C12H15BrClNO2. The van der Waals surface area contributed by atoms with Gasteiger partial charge < -0.3 is 10.4 Å². The first-order valence-electron chi connectivity index (χ1n) is 5.16. The third-order valence-corrected chi connectivity index (χ3v) is 3.56. The van der Waals surface area contributed by atoms with Gasteiger partial charge in [0.05, 0.1) is 5.02 Å². The maximum atomic E-state index is 11.2. The van der Waals surface area contributed by atoms with Crippen LogP contribution >= 0.6 is 27.5 Å². The van der Waals surface area contributed by atoms with Crippen LogP contribution in [0.4, 0.5) is 5.69 Å². The second kappa shape index (κ2) is 5.27. The molecular weight excluding hydrogens is 305 g/mol. The summed E-state index contributed by atoms with van der Waals surface area (Å²) in [5, 5.41) is 12.8. The zero-order valence-electron chi connectivity index (χ0n) is 9.92. The van der Waals surface area contributed by atoms with Crippen molar-refractivity contribution >= 4 is 39.2 Å². The predicted octanol–water partition coefficient (Wildman–Crippen LogP) is 4.01. The molecule has 1 aromatic carbocycles. The standard InChI is InChI=1S/C12H15BrClNO2/c1-12(2,3)10(11(16)17)15-7-4-5-9(14)8(13)6-7/h4-6,10,15H,1-3H3,(H,16,17). The van der Waals surface area contributed by atoms with Gasteiger partial charge >= 0.3 is 5.97 Å². The van der Waals surface area contributed by atoms with Crippen molar-refractivity contribution in [2.45, 2.75) is 26.8 Å².